The second kappa shape index (κ2) is 20.0. The molecule has 0 heterocycles. The largest absolute Gasteiger partial charge is 1.00 e. The van der Waals surface area contributed by atoms with Crippen LogP contribution in [0.2, 0.25) is 0 Å². The van der Waals surface area contributed by atoms with Crippen molar-refractivity contribution in [3.63, 3.8) is 0 Å². The molecule has 0 amide bonds. The van der Waals surface area contributed by atoms with Crippen molar-refractivity contribution in [2.45, 2.75) is 204 Å². The number of aliphatic carboxylic acids is 2. The van der Waals surface area contributed by atoms with Gasteiger partial charge in [-0.3, -0.25) is 14.4 Å². The fourth-order valence-electron chi connectivity index (χ4n) is 22.9. The summed E-state index contributed by atoms with van der Waals surface area (Å²) in [6.07, 6.45) is 18.8. The second-order valence-corrected chi connectivity index (χ2v) is 28.5. The molecule has 0 saturated heterocycles. The maximum absolute atomic E-state index is 13.0. The standard InChI is InChI=1S/C30H48O4.C30H46O4.CH4O.B.Na.H/c2*1-18(2)19-9-14-30(25(33)34)16-15-28(5)20(24(19)30)7-8-22-26(3)12-11-23(32)27(4,17-31)21(26)10-13-29(22,28)6;1-2;;;/h19-24,31-32H,1,7-17H2,2-6H3,(H,33,34);19-22,24,31H,1,7-17H2,2-6H3,(H,33,34);2H,1H3;;;/q;;;;+1;-1/t19-,20+,21+,22+,23-,24+,26-,27+,28+,29+,30-;19-,20+,21+,22+,24+,26-,27+,28+,29+,30-;;;;/m00..../s1. The van der Waals surface area contributed by atoms with Gasteiger partial charge in [0.25, 0.3) is 0 Å². The number of carboxylic acid groups (broad SMARTS) is 2. The molecule has 10 fully saturated rings. The first-order valence-corrected chi connectivity index (χ1v) is 28.3. The van der Waals surface area contributed by atoms with Crippen molar-refractivity contribution in [3.8, 4) is 0 Å². The van der Waals surface area contributed by atoms with Gasteiger partial charge in [-0.15, -0.1) is 0 Å². The van der Waals surface area contributed by atoms with Crippen LogP contribution in [0.25, 0.3) is 0 Å². The smallest absolute Gasteiger partial charge is 1.00 e. The zero-order chi connectivity index (χ0) is 51.8. The minimum Gasteiger partial charge on any atom is -1.00 e. The van der Waals surface area contributed by atoms with E-state index in [1.54, 1.807) is 0 Å². The molecule has 10 saturated carbocycles. The van der Waals surface area contributed by atoms with Crippen LogP contribution < -0.4 is 29.6 Å². The number of Topliss-reactive ketones (excluding diaryl/α,β-unsaturated/α-hetero) is 1. The van der Waals surface area contributed by atoms with Crippen LogP contribution in [0.5, 0.6) is 0 Å². The van der Waals surface area contributed by atoms with Crippen LogP contribution in [0.4, 0.5) is 0 Å². The third kappa shape index (κ3) is 7.74. The van der Waals surface area contributed by atoms with Crippen molar-refractivity contribution >= 4 is 26.1 Å². The van der Waals surface area contributed by atoms with E-state index in [1.807, 2.05) is 6.92 Å². The van der Waals surface area contributed by atoms with E-state index in [9.17, 15) is 39.9 Å². The van der Waals surface area contributed by atoms with Crippen molar-refractivity contribution in [3.05, 3.63) is 24.3 Å². The molecule has 10 aliphatic rings. The summed E-state index contributed by atoms with van der Waals surface area (Å²) in [7, 11) is 1.00. The summed E-state index contributed by atoms with van der Waals surface area (Å²) in [5, 5.41) is 59.7. The molecule has 72 heavy (non-hydrogen) atoms. The molecule has 0 aromatic rings. The molecule has 0 aromatic carbocycles. The SMILES string of the molecule is C=C(C)[C@@H]1CC[C@]2(C(=O)O)CC[C@]3(C)[C@H](CC[C@@H]4[C@@]5(C)CCC(=O)[C@](C)(CO)[C@@H]5CC[C@]43C)[C@@H]12.C=C(C)[C@@H]1CC[C@]2(C(=O)O)CC[C@]3(C)[C@H](CC[C@@H]4[C@@]5(C)CC[C@H](O)[C@](C)(CO)[C@@H]5CC[C@]43C)[C@@H]12.CO.[B].[H-].[Na+]. The Morgan fingerprint density at radius 1 is 0.542 bits per heavy atom. The Labute approximate surface area is 461 Å². The summed E-state index contributed by atoms with van der Waals surface area (Å²) in [6.45, 7) is 32.1. The topological polar surface area (TPSA) is 173 Å². The molecule has 9 nitrogen and oxygen atoms in total. The molecule has 0 spiro atoms. The fraction of sp³-hybridized carbons (Fsp3) is 0.885. The van der Waals surface area contributed by atoms with E-state index in [1.165, 1.54) is 11.1 Å². The zero-order valence-electron chi connectivity index (χ0n) is 48.3. The summed E-state index contributed by atoms with van der Waals surface area (Å²) in [6, 6.07) is 0. The predicted molar refractivity (Wildman–Crippen MR) is 282 cm³/mol. The summed E-state index contributed by atoms with van der Waals surface area (Å²) in [4.78, 5) is 38.5. The van der Waals surface area contributed by atoms with Gasteiger partial charge >= 0.3 is 41.5 Å². The van der Waals surface area contributed by atoms with Gasteiger partial charge in [0.05, 0.1) is 35.6 Å². The molecule has 11 heteroatoms. The molecule has 10 aliphatic carbocycles. The van der Waals surface area contributed by atoms with Crippen molar-refractivity contribution in [1.29, 1.82) is 0 Å². The molecule has 10 rings (SSSR count). The average Bonchev–Trinajstić information content (AvgIpc) is 3.93. The maximum atomic E-state index is 13.0. The Morgan fingerprint density at radius 2 is 0.958 bits per heavy atom. The van der Waals surface area contributed by atoms with Crippen LogP contribution in [0.1, 0.15) is 199 Å². The average molecular weight is 1010 g/mol. The van der Waals surface area contributed by atoms with E-state index < -0.39 is 39.7 Å². The number of hydrogen-bond donors (Lipinski definition) is 6. The van der Waals surface area contributed by atoms with Gasteiger partial charge < -0.3 is 32.1 Å². The van der Waals surface area contributed by atoms with Crippen LogP contribution in [0, 0.1) is 113 Å². The number of fused-ring (bicyclic) bond motifs is 14. The number of aliphatic hydroxyl groups excluding tert-OH is 4. The number of ketones is 1. The molecular weight excluding hydrogens is 910 g/mol. The molecule has 0 unspecified atom stereocenters. The van der Waals surface area contributed by atoms with Crippen LogP contribution >= 0.6 is 0 Å². The number of hydrogen-bond acceptors (Lipinski definition) is 7. The van der Waals surface area contributed by atoms with Gasteiger partial charge in [-0.2, -0.15) is 0 Å². The Kier molecular flexibility index (Phi) is 16.7. The van der Waals surface area contributed by atoms with Gasteiger partial charge in [0, 0.05) is 27.4 Å². The van der Waals surface area contributed by atoms with E-state index in [4.69, 9.17) is 5.11 Å². The molecule has 0 bridgehead atoms. The normalized spacial score (nSPS) is 52.5. The first kappa shape index (κ1) is 60.2. The molecule has 3 radical (unpaired) electrons. The van der Waals surface area contributed by atoms with E-state index >= 15 is 0 Å². The predicted octanol–water partition coefficient (Wildman–Crippen LogP) is 8.68. The first-order chi connectivity index (χ1) is 32.6. The fourth-order valence-corrected chi connectivity index (χ4v) is 22.9. The molecule has 6 N–H and O–H groups in total. The summed E-state index contributed by atoms with van der Waals surface area (Å²) in [5.41, 5.74) is 0.844. The molecule has 21 atom stereocenters. The van der Waals surface area contributed by atoms with Crippen LogP contribution in [-0.4, -0.2) is 83.2 Å². The van der Waals surface area contributed by atoms with Gasteiger partial charge in [0.2, 0.25) is 0 Å². The minimum absolute atomic E-state index is 0. The summed E-state index contributed by atoms with van der Waals surface area (Å²) in [5.74, 6) is 2.65. The summed E-state index contributed by atoms with van der Waals surface area (Å²) < 4.78 is 0. The third-order valence-corrected chi connectivity index (χ3v) is 27.0. The molecule has 401 valence electrons. The van der Waals surface area contributed by atoms with E-state index in [-0.39, 0.29) is 109 Å². The van der Waals surface area contributed by atoms with Crippen molar-refractivity contribution < 1.29 is 76.0 Å². The molecular formula is C61H99BNaO9. The van der Waals surface area contributed by atoms with Crippen LogP contribution in [-0.2, 0) is 14.4 Å². The van der Waals surface area contributed by atoms with E-state index in [2.05, 4.69) is 75.5 Å². The van der Waals surface area contributed by atoms with Gasteiger partial charge in [0.15, 0.2) is 0 Å². The van der Waals surface area contributed by atoms with Crippen molar-refractivity contribution in [2.75, 3.05) is 20.3 Å². The second-order valence-electron chi connectivity index (χ2n) is 28.5. The quantitative estimate of drug-likeness (QED) is 0.113. The van der Waals surface area contributed by atoms with Crippen LogP contribution in [0.3, 0.4) is 0 Å². The van der Waals surface area contributed by atoms with Crippen molar-refractivity contribution in [2.24, 2.45) is 113 Å². The number of rotatable bonds is 6. The first-order valence-electron chi connectivity index (χ1n) is 28.3. The monoisotopic (exact) mass is 1010 g/mol. The Bertz CT molecular complexity index is 2120. The minimum atomic E-state index is -0.617. The van der Waals surface area contributed by atoms with Gasteiger partial charge in [-0.25, -0.2) is 0 Å². The number of aliphatic hydroxyl groups is 4. The maximum Gasteiger partial charge on any atom is 1.00 e. The Hall–Kier alpha value is -1.01. The van der Waals surface area contributed by atoms with E-state index in [0.29, 0.717) is 47.8 Å². The third-order valence-electron chi connectivity index (χ3n) is 27.0. The number of carbonyl (C=O) groups is 3. The number of carboxylic acids is 2. The van der Waals surface area contributed by atoms with Gasteiger partial charge in [-0.05, 0) is 228 Å². The number of allylic oxidation sites excluding steroid dienone is 2. The molecule has 0 aromatic heterocycles. The van der Waals surface area contributed by atoms with Gasteiger partial charge in [0.1, 0.15) is 5.78 Å². The Morgan fingerprint density at radius 3 is 1.35 bits per heavy atom. The van der Waals surface area contributed by atoms with E-state index in [0.717, 1.165) is 129 Å². The molecule has 0 aliphatic heterocycles. The number of carbonyl (C=O) groups excluding carboxylic acids is 1. The Balaban J connectivity index is 0.000000252. The van der Waals surface area contributed by atoms with Gasteiger partial charge in [-0.1, -0.05) is 79.7 Å². The van der Waals surface area contributed by atoms with Crippen LogP contribution in [0.15, 0.2) is 24.3 Å². The zero-order valence-corrected chi connectivity index (χ0v) is 49.3. The van der Waals surface area contributed by atoms with Crippen molar-refractivity contribution in [1.82, 2.24) is 0 Å². The summed E-state index contributed by atoms with van der Waals surface area (Å²) >= 11 is 0.